The minimum atomic E-state index is -0.861. The largest absolute Gasteiger partial charge is 0.235 e. The molecule has 0 aliphatic heterocycles. The Morgan fingerprint density at radius 1 is 1.00 bits per heavy atom. The molecule has 0 unspecified atom stereocenters. The number of nitrogens with zero attached hydrogens (tertiary/aromatic N) is 3. The van der Waals surface area contributed by atoms with Gasteiger partial charge in [-0.15, -0.1) is 5.10 Å². The van der Waals surface area contributed by atoms with Gasteiger partial charge in [-0.3, -0.25) is 0 Å². The monoisotopic (exact) mass is 273 g/mol. The zero-order valence-electron chi connectivity index (χ0n) is 11.1. The van der Waals surface area contributed by atoms with E-state index in [2.05, 4.69) is 10.3 Å². The summed E-state index contributed by atoms with van der Waals surface area (Å²) in [6.07, 6.45) is 0. The van der Waals surface area contributed by atoms with E-state index in [9.17, 15) is 8.78 Å². The number of hydrogen-bond donors (Lipinski definition) is 0. The van der Waals surface area contributed by atoms with Crippen molar-refractivity contribution in [3.8, 4) is 0 Å². The summed E-state index contributed by atoms with van der Waals surface area (Å²) in [5, 5.41) is 8.24. The average molecular weight is 273 g/mol. The molecule has 102 valence electrons. The van der Waals surface area contributed by atoms with Gasteiger partial charge in [-0.05, 0) is 43.7 Å². The number of halogens is 2. The molecular formula is C15H13F2N3. The summed E-state index contributed by atoms with van der Waals surface area (Å²) in [7, 11) is 0. The third kappa shape index (κ3) is 1.86. The van der Waals surface area contributed by atoms with Crippen LogP contribution in [0.3, 0.4) is 0 Å². The zero-order chi connectivity index (χ0) is 14.3. The zero-order valence-corrected chi connectivity index (χ0v) is 11.1. The van der Waals surface area contributed by atoms with Gasteiger partial charge in [0, 0.05) is 0 Å². The summed E-state index contributed by atoms with van der Waals surface area (Å²) >= 11 is 0. The molecule has 0 fully saturated rings. The molecule has 3 aromatic rings. The Labute approximate surface area is 114 Å². The lowest BCUT2D eigenvalue weighted by Gasteiger charge is -2.26. The van der Waals surface area contributed by atoms with E-state index in [0.29, 0.717) is 5.56 Å². The summed E-state index contributed by atoms with van der Waals surface area (Å²) in [6, 6.07) is 11.4. The summed E-state index contributed by atoms with van der Waals surface area (Å²) < 4.78 is 28.2. The van der Waals surface area contributed by atoms with Gasteiger partial charge in [-0.25, -0.2) is 13.5 Å². The molecule has 0 spiro atoms. The van der Waals surface area contributed by atoms with E-state index in [0.717, 1.165) is 17.1 Å². The molecule has 1 heterocycles. The van der Waals surface area contributed by atoms with Crippen molar-refractivity contribution in [2.75, 3.05) is 0 Å². The van der Waals surface area contributed by atoms with Crippen molar-refractivity contribution in [1.29, 1.82) is 0 Å². The van der Waals surface area contributed by atoms with Crippen molar-refractivity contribution in [1.82, 2.24) is 15.0 Å². The Morgan fingerprint density at radius 2 is 1.75 bits per heavy atom. The normalized spacial score (nSPS) is 12.0. The van der Waals surface area contributed by atoms with Crippen LogP contribution in [0.1, 0.15) is 19.4 Å². The van der Waals surface area contributed by atoms with Crippen LogP contribution in [-0.2, 0) is 5.54 Å². The van der Waals surface area contributed by atoms with Crippen LogP contribution in [0.15, 0.2) is 42.5 Å². The first-order chi connectivity index (χ1) is 9.50. The second-order valence-corrected chi connectivity index (χ2v) is 5.18. The van der Waals surface area contributed by atoms with Crippen molar-refractivity contribution in [2.45, 2.75) is 19.4 Å². The first kappa shape index (κ1) is 12.7. The smallest absolute Gasteiger partial charge is 0.159 e. The second-order valence-electron chi connectivity index (χ2n) is 5.18. The third-order valence-electron chi connectivity index (χ3n) is 3.51. The van der Waals surface area contributed by atoms with Gasteiger partial charge < -0.3 is 0 Å². The van der Waals surface area contributed by atoms with E-state index in [1.807, 2.05) is 38.1 Å². The van der Waals surface area contributed by atoms with E-state index in [1.165, 1.54) is 6.07 Å². The molecule has 0 saturated heterocycles. The molecule has 20 heavy (non-hydrogen) atoms. The maximum Gasteiger partial charge on any atom is 0.159 e. The van der Waals surface area contributed by atoms with Crippen LogP contribution in [-0.4, -0.2) is 15.0 Å². The van der Waals surface area contributed by atoms with Crippen LogP contribution in [0.4, 0.5) is 8.78 Å². The molecule has 0 N–H and O–H groups in total. The summed E-state index contributed by atoms with van der Waals surface area (Å²) in [4.78, 5) is 0. The molecule has 3 rings (SSSR count). The third-order valence-corrected chi connectivity index (χ3v) is 3.51. The molecule has 0 saturated carbocycles. The molecule has 2 aromatic carbocycles. The highest BCUT2D eigenvalue weighted by molar-refractivity contribution is 5.74. The Hall–Kier alpha value is -2.30. The lowest BCUT2D eigenvalue weighted by Crippen LogP contribution is -2.29. The standard InChI is InChI=1S/C15H13F2N3/c1-15(2,10-7-8-11(16)12(17)9-10)20-14-6-4-3-5-13(14)18-19-20/h3-9H,1-2H3. The van der Waals surface area contributed by atoms with Gasteiger partial charge in [0.2, 0.25) is 0 Å². The maximum absolute atomic E-state index is 13.4. The minimum absolute atomic E-state index is 0.632. The molecule has 0 aliphatic carbocycles. The number of fused-ring (bicyclic) bond motifs is 1. The van der Waals surface area contributed by atoms with E-state index in [1.54, 1.807) is 10.7 Å². The van der Waals surface area contributed by atoms with Crippen LogP contribution in [0, 0.1) is 11.6 Å². The van der Waals surface area contributed by atoms with Crippen LogP contribution in [0.2, 0.25) is 0 Å². The topological polar surface area (TPSA) is 30.7 Å². The van der Waals surface area contributed by atoms with E-state index in [4.69, 9.17) is 0 Å². The van der Waals surface area contributed by atoms with Gasteiger partial charge in [0.25, 0.3) is 0 Å². The first-order valence-electron chi connectivity index (χ1n) is 6.26. The fourth-order valence-electron chi connectivity index (χ4n) is 2.28. The van der Waals surface area contributed by atoms with E-state index >= 15 is 0 Å². The highest BCUT2D eigenvalue weighted by Crippen LogP contribution is 2.28. The predicted octanol–water partition coefficient (Wildman–Crippen LogP) is 3.49. The fourth-order valence-corrected chi connectivity index (χ4v) is 2.28. The molecule has 1 aromatic heterocycles. The Balaban J connectivity index is 2.17. The lowest BCUT2D eigenvalue weighted by atomic mass is 9.94. The Kier molecular flexibility index (Phi) is 2.78. The molecule has 5 heteroatoms. The molecule has 0 amide bonds. The lowest BCUT2D eigenvalue weighted by molar-refractivity contribution is 0.388. The maximum atomic E-state index is 13.4. The number of benzene rings is 2. The number of hydrogen-bond acceptors (Lipinski definition) is 2. The molecule has 0 radical (unpaired) electrons. The van der Waals surface area contributed by atoms with Gasteiger partial charge in [0.15, 0.2) is 11.6 Å². The second kappa shape index (κ2) is 4.37. The first-order valence-corrected chi connectivity index (χ1v) is 6.26. The highest BCUT2D eigenvalue weighted by Gasteiger charge is 2.27. The van der Waals surface area contributed by atoms with Crippen molar-refractivity contribution >= 4 is 11.0 Å². The fraction of sp³-hybridized carbons (Fsp3) is 0.200. The summed E-state index contributed by atoms with van der Waals surface area (Å²) in [6.45, 7) is 3.78. The van der Waals surface area contributed by atoms with Gasteiger partial charge in [0.1, 0.15) is 5.52 Å². The molecule has 0 bridgehead atoms. The highest BCUT2D eigenvalue weighted by atomic mass is 19.2. The molecule has 0 atom stereocenters. The van der Waals surface area contributed by atoms with E-state index < -0.39 is 17.2 Å². The summed E-state index contributed by atoms with van der Waals surface area (Å²) in [5.74, 6) is -1.71. The van der Waals surface area contributed by atoms with Gasteiger partial charge in [-0.1, -0.05) is 23.4 Å². The number of aromatic nitrogens is 3. The van der Waals surface area contributed by atoms with Gasteiger partial charge in [0.05, 0.1) is 11.1 Å². The van der Waals surface area contributed by atoms with Crippen molar-refractivity contribution < 1.29 is 8.78 Å². The van der Waals surface area contributed by atoms with Gasteiger partial charge in [-0.2, -0.15) is 0 Å². The van der Waals surface area contributed by atoms with Crippen LogP contribution in [0.25, 0.3) is 11.0 Å². The molecule has 0 aliphatic rings. The summed E-state index contributed by atoms with van der Waals surface area (Å²) in [5.41, 5.74) is 1.61. The van der Waals surface area contributed by atoms with Gasteiger partial charge >= 0.3 is 0 Å². The van der Waals surface area contributed by atoms with Crippen LogP contribution in [0.5, 0.6) is 0 Å². The minimum Gasteiger partial charge on any atom is -0.235 e. The van der Waals surface area contributed by atoms with Crippen molar-refractivity contribution in [2.24, 2.45) is 0 Å². The molecular weight excluding hydrogens is 260 g/mol. The van der Waals surface area contributed by atoms with Crippen molar-refractivity contribution in [3.05, 3.63) is 59.7 Å². The SMILES string of the molecule is CC(C)(c1ccc(F)c(F)c1)n1nnc2ccccc21. The number of rotatable bonds is 2. The Bertz CT molecular complexity index is 778. The quantitative estimate of drug-likeness (QED) is 0.715. The average Bonchev–Trinajstić information content (AvgIpc) is 2.86. The number of para-hydroxylation sites is 1. The Morgan fingerprint density at radius 3 is 2.50 bits per heavy atom. The van der Waals surface area contributed by atoms with E-state index in [-0.39, 0.29) is 0 Å². The molecule has 3 nitrogen and oxygen atoms in total. The van der Waals surface area contributed by atoms with Crippen LogP contribution >= 0.6 is 0 Å². The predicted molar refractivity (Wildman–Crippen MR) is 72.3 cm³/mol. The van der Waals surface area contributed by atoms with Crippen molar-refractivity contribution in [3.63, 3.8) is 0 Å². The van der Waals surface area contributed by atoms with Crippen LogP contribution < -0.4 is 0 Å².